The first-order valence-electron chi connectivity index (χ1n) is 10.6. The summed E-state index contributed by atoms with van der Waals surface area (Å²) in [5, 5.41) is 9.29. The van der Waals surface area contributed by atoms with Gasteiger partial charge < -0.3 is 20.7 Å². The molecule has 0 aliphatic carbocycles. The summed E-state index contributed by atoms with van der Waals surface area (Å²) in [6.07, 6.45) is 0. The molecule has 0 atom stereocenters. The van der Waals surface area contributed by atoms with Gasteiger partial charge in [-0.1, -0.05) is 38.1 Å². The highest BCUT2D eigenvalue weighted by Gasteiger charge is 2.21. The number of nitrogens with zero attached hydrogens (tertiary/aromatic N) is 1. The van der Waals surface area contributed by atoms with Crippen LogP contribution in [0, 0.1) is 5.82 Å². The van der Waals surface area contributed by atoms with Crippen LogP contribution in [0.25, 0.3) is 0 Å². The number of halogens is 2. The van der Waals surface area contributed by atoms with Crippen LogP contribution in [-0.4, -0.2) is 38.1 Å². The minimum absolute atomic E-state index is 0. The predicted molar refractivity (Wildman–Crippen MR) is 138 cm³/mol. The van der Waals surface area contributed by atoms with E-state index in [1.807, 2.05) is 44.2 Å². The van der Waals surface area contributed by atoms with E-state index in [0.29, 0.717) is 31.3 Å². The van der Waals surface area contributed by atoms with Crippen LogP contribution in [0.1, 0.15) is 38.8 Å². The number of likely N-dealkylation sites (N-methyl/N-ethyl adjacent to an activating group) is 1. The summed E-state index contributed by atoms with van der Waals surface area (Å²) in [6, 6.07) is 14.2. The molecule has 0 saturated carbocycles. The topological polar surface area (TPSA) is 74.8 Å². The number of nitrogens with one attached hydrogen (secondary N) is 3. The first-order chi connectivity index (χ1) is 14.8. The van der Waals surface area contributed by atoms with Crippen molar-refractivity contribution in [1.29, 1.82) is 0 Å². The third-order valence-electron chi connectivity index (χ3n) is 4.71. The van der Waals surface area contributed by atoms with Gasteiger partial charge in [-0.3, -0.25) is 4.79 Å². The summed E-state index contributed by atoms with van der Waals surface area (Å²) in [6.45, 7) is 10.3. The molecule has 0 aromatic heterocycles. The van der Waals surface area contributed by atoms with Gasteiger partial charge in [0.2, 0.25) is 0 Å². The van der Waals surface area contributed by atoms with Gasteiger partial charge >= 0.3 is 0 Å². The molecule has 0 unspecified atom stereocenters. The largest absolute Gasteiger partial charge is 0.484 e. The van der Waals surface area contributed by atoms with Crippen LogP contribution in [0.5, 0.6) is 5.75 Å². The molecular formula is C24H34FIN4O2. The average molecular weight is 556 g/mol. The second-order valence-electron chi connectivity index (χ2n) is 7.83. The van der Waals surface area contributed by atoms with Crippen molar-refractivity contribution in [3.63, 3.8) is 0 Å². The van der Waals surface area contributed by atoms with Crippen molar-refractivity contribution in [2.75, 3.05) is 26.2 Å². The van der Waals surface area contributed by atoms with Crippen molar-refractivity contribution >= 4 is 35.8 Å². The van der Waals surface area contributed by atoms with E-state index in [2.05, 4.69) is 34.8 Å². The van der Waals surface area contributed by atoms with Crippen molar-refractivity contribution in [3.05, 3.63) is 65.5 Å². The Labute approximate surface area is 207 Å². The Morgan fingerprint density at radius 2 is 1.75 bits per heavy atom. The first-order valence-corrected chi connectivity index (χ1v) is 10.6. The van der Waals surface area contributed by atoms with E-state index in [1.165, 1.54) is 6.07 Å². The van der Waals surface area contributed by atoms with Crippen molar-refractivity contribution in [1.82, 2.24) is 16.0 Å². The lowest BCUT2D eigenvalue weighted by atomic mass is 9.84. The van der Waals surface area contributed by atoms with E-state index in [4.69, 9.17) is 4.74 Å². The van der Waals surface area contributed by atoms with Crippen LogP contribution in [0.15, 0.2) is 53.5 Å². The smallest absolute Gasteiger partial charge is 0.257 e. The number of rotatable bonds is 10. The maximum atomic E-state index is 13.6. The van der Waals surface area contributed by atoms with E-state index in [1.54, 1.807) is 12.1 Å². The Kier molecular flexibility index (Phi) is 12.0. The van der Waals surface area contributed by atoms with Crippen LogP contribution in [0.3, 0.4) is 0 Å². The second-order valence-corrected chi connectivity index (χ2v) is 7.83. The summed E-state index contributed by atoms with van der Waals surface area (Å²) in [5.74, 6) is 0.927. The van der Waals surface area contributed by atoms with E-state index in [0.717, 1.165) is 17.7 Å². The lowest BCUT2D eigenvalue weighted by Gasteiger charge is -2.27. The van der Waals surface area contributed by atoms with Crippen LogP contribution < -0.4 is 20.7 Å². The summed E-state index contributed by atoms with van der Waals surface area (Å²) >= 11 is 0. The maximum absolute atomic E-state index is 13.6. The van der Waals surface area contributed by atoms with Crippen LogP contribution in [-0.2, 0) is 16.8 Å². The minimum atomic E-state index is -0.273. The number of hydrogen-bond donors (Lipinski definition) is 3. The van der Waals surface area contributed by atoms with Crippen molar-refractivity contribution in [2.24, 2.45) is 4.99 Å². The zero-order chi connectivity index (χ0) is 22.7. The highest BCUT2D eigenvalue weighted by Crippen LogP contribution is 2.22. The standard InChI is InChI=1S/C24H33FN4O2.HI/c1-5-26-22(30)16-31-21-12-7-9-18(13-21)15-28-23(27-6-2)29-17-24(3,4)19-10-8-11-20(25)14-19;/h7-14H,5-6,15-17H2,1-4H3,(H,26,30)(H2,27,28,29);1H. The molecule has 0 aliphatic heterocycles. The monoisotopic (exact) mass is 556 g/mol. The molecular weight excluding hydrogens is 522 g/mol. The lowest BCUT2D eigenvalue weighted by molar-refractivity contribution is -0.122. The molecule has 32 heavy (non-hydrogen) atoms. The zero-order valence-electron chi connectivity index (χ0n) is 19.2. The normalized spacial score (nSPS) is 11.3. The summed E-state index contributed by atoms with van der Waals surface area (Å²) in [7, 11) is 0. The van der Waals surface area contributed by atoms with Gasteiger partial charge in [0.1, 0.15) is 11.6 Å². The zero-order valence-corrected chi connectivity index (χ0v) is 21.5. The van der Waals surface area contributed by atoms with Gasteiger partial charge in [0.05, 0.1) is 6.54 Å². The SMILES string of the molecule is CCNC(=O)COc1cccc(CN=C(NCC)NCC(C)(C)c2cccc(F)c2)c1.I. The number of ether oxygens (including phenoxy) is 1. The molecule has 0 aliphatic rings. The van der Waals surface area contributed by atoms with Crippen molar-refractivity contribution in [3.8, 4) is 5.75 Å². The number of amides is 1. The highest BCUT2D eigenvalue weighted by molar-refractivity contribution is 14.0. The highest BCUT2D eigenvalue weighted by atomic mass is 127. The van der Waals surface area contributed by atoms with Crippen LogP contribution in [0.4, 0.5) is 4.39 Å². The fourth-order valence-corrected chi connectivity index (χ4v) is 2.96. The van der Waals surface area contributed by atoms with Gasteiger partial charge in [0.25, 0.3) is 5.91 Å². The molecule has 0 saturated heterocycles. The number of benzene rings is 2. The molecule has 176 valence electrons. The van der Waals surface area contributed by atoms with E-state index < -0.39 is 0 Å². The van der Waals surface area contributed by atoms with Crippen LogP contribution in [0.2, 0.25) is 0 Å². The Bertz CT molecular complexity index is 890. The Morgan fingerprint density at radius 1 is 1.03 bits per heavy atom. The van der Waals surface area contributed by atoms with Gasteiger partial charge in [0.15, 0.2) is 12.6 Å². The molecule has 6 nitrogen and oxygen atoms in total. The fraction of sp³-hybridized carbons (Fsp3) is 0.417. The second kappa shape index (κ2) is 13.9. The number of guanidine groups is 1. The van der Waals surface area contributed by atoms with Gasteiger partial charge in [-0.25, -0.2) is 9.38 Å². The maximum Gasteiger partial charge on any atom is 0.257 e. The average Bonchev–Trinajstić information content (AvgIpc) is 2.75. The molecule has 1 amide bonds. The third-order valence-corrected chi connectivity index (χ3v) is 4.71. The molecule has 8 heteroatoms. The molecule has 0 spiro atoms. The van der Waals surface area contributed by atoms with Crippen molar-refractivity contribution in [2.45, 2.75) is 39.7 Å². The van der Waals surface area contributed by atoms with E-state index >= 15 is 0 Å². The Morgan fingerprint density at radius 3 is 2.44 bits per heavy atom. The van der Waals surface area contributed by atoms with E-state index in [-0.39, 0.29) is 47.7 Å². The summed E-state index contributed by atoms with van der Waals surface area (Å²) in [5.41, 5.74) is 1.62. The van der Waals surface area contributed by atoms with Crippen molar-refractivity contribution < 1.29 is 13.9 Å². The Balaban J connectivity index is 0.00000512. The molecule has 2 aromatic rings. The fourth-order valence-electron chi connectivity index (χ4n) is 2.96. The number of carbonyl (C=O) groups is 1. The minimum Gasteiger partial charge on any atom is -0.484 e. The first kappa shape index (κ1) is 27.7. The molecule has 0 fully saturated rings. The van der Waals surface area contributed by atoms with Crippen LogP contribution >= 0.6 is 24.0 Å². The van der Waals surface area contributed by atoms with Gasteiger partial charge in [-0.05, 0) is 49.2 Å². The quantitative estimate of drug-likeness (QED) is 0.235. The molecule has 3 N–H and O–H groups in total. The third kappa shape index (κ3) is 9.42. The molecule has 0 heterocycles. The van der Waals surface area contributed by atoms with Gasteiger partial charge in [-0.2, -0.15) is 0 Å². The molecule has 0 radical (unpaired) electrons. The summed E-state index contributed by atoms with van der Waals surface area (Å²) in [4.78, 5) is 16.2. The predicted octanol–water partition coefficient (Wildman–Crippen LogP) is 3.99. The van der Waals surface area contributed by atoms with E-state index in [9.17, 15) is 9.18 Å². The molecule has 0 bridgehead atoms. The Hall–Kier alpha value is -2.36. The number of carbonyl (C=O) groups excluding carboxylic acids is 1. The molecule has 2 aromatic carbocycles. The van der Waals surface area contributed by atoms with Gasteiger partial charge in [0, 0.05) is 25.0 Å². The number of aliphatic imine (C=N–C) groups is 1. The number of hydrogen-bond acceptors (Lipinski definition) is 3. The lowest BCUT2D eigenvalue weighted by Crippen LogP contribution is -2.43. The van der Waals surface area contributed by atoms with Gasteiger partial charge in [-0.15, -0.1) is 24.0 Å². The molecule has 2 rings (SSSR count). The summed E-state index contributed by atoms with van der Waals surface area (Å²) < 4.78 is 19.2.